The Balaban J connectivity index is 0.00000200. The van der Waals surface area contributed by atoms with Gasteiger partial charge >= 0.3 is 6.36 Å². The molecule has 1 aromatic carbocycles. The van der Waals surface area contributed by atoms with E-state index in [1.807, 2.05) is 0 Å². The molecule has 0 saturated heterocycles. The average Bonchev–Trinajstić information content (AvgIpc) is 2.38. The largest absolute Gasteiger partial charge is 0.573 e. The fourth-order valence-corrected chi connectivity index (χ4v) is 1.64. The minimum atomic E-state index is -4.69. The SMILES string of the molecule is Cl.N[C@@H](c1ccncc1)c1ccc(OC(F)(F)F)cc1. The summed E-state index contributed by atoms with van der Waals surface area (Å²) in [7, 11) is 0. The Bertz CT molecular complexity index is 532. The van der Waals surface area contributed by atoms with E-state index in [0.29, 0.717) is 5.56 Å². The Morgan fingerprint density at radius 2 is 1.45 bits per heavy atom. The van der Waals surface area contributed by atoms with Crippen LogP contribution in [0.3, 0.4) is 0 Å². The van der Waals surface area contributed by atoms with Gasteiger partial charge in [0.05, 0.1) is 6.04 Å². The van der Waals surface area contributed by atoms with Gasteiger partial charge in [-0.25, -0.2) is 0 Å². The Morgan fingerprint density at radius 3 is 1.95 bits per heavy atom. The fourth-order valence-electron chi connectivity index (χ4n) is 1.64. The first-order chi connectivity index (χ1) is 8.96. The number of nitrogens with zero attached hydrogens (tertiary/aromatic N) is 1. The number of aromatic nitrogens is 1. The second-order valence-electron chi connectivity index (χ2n) is 3.88. The van der Waals surface area contributed by atoms with Gasteiger partial charge in [-0.3, -0.25) is 4.98 Å². The highest BCUT2D eigenvalue weighted by atomic mass is 35.5. The normalized spacial score (nSPS) is 12.4. The Hall–Kier alpha value is -1.79. The molecule has 1 heterocycles. The molecular formula is C13H12ClF3N2O. The van der Waals surface area contributed by atoms with Crippen molar-refractivity contribution in [3.63, 3.8) is 0 Å². The number of hydrogen-bond acceptors (Lipinski definition) is 3. The molecule has 3 nitrogen and oxygen atoms in total. The van der Waals surface area contributed by atoms with Gasteiger partial charge in [-0.05, 0) is 35.4 Å². The van der Waals surface area contributed by atoms with Gasteiger partial charge in [-0.1, -0.05) is 12.1 Å². The first-order valence-corrected chi connectivity index (χ1v) is 5.47. The van der Waals surface area contributed by atoms with Crippen LogP contribution in [0.25, 0.3) is 0 Å². The molecule has 0 saturated carbocycles. The summed E-state index contributed by atoms with van der Waals surface area (Å²) >= 11 is 0. The number of benzene rings is 1. The molecule has 0 spiro atoms. The lowest BCUT2D eigenvalue weighted by molar-refractivity contribution is -0.274. The van der Waals surface area contributed by atoms with Crippen molar-refractivity contribution in [1.82, 2.24) is 4.98 Å². The van der Waals surface area contributed by atoms with E-state index in [9.17, 15) is 13.2 Å². The molecule has 2 rings (SSSR count). The molecule has 0 aliphatic carbocycles. The van der Waals surface area contributed by atoms with E-state index in [0.717, 1.165) is 5.56 Å². The number of nitrogens with two attached hydrogens (primary N) is 1. The zero-order valence-corrected chi connectivity index (χ0v) is 11.0. The maximum atomic E-state index is 12.0. The smallest absolute Gasteiger partial charge is 0.406 e. The van der Waals surface area contributed by atoms with Gasteiger partial charge in [0.1, 0.15) is 5.75 Å². The maximum absolute atomic E-state index is 12.0. The summed E-state index contributed by atoms with van der Waals surface area (Å²) in [4.78, 5) is 3.88. The van der Waals surface area contributed by atoms with E-state index in [2.05, 4.69) is 9.72 Å². The van der Waals surface area contributed by atoms with E-state index in [4.69, 9.17) is 5.73 Å². The van der Waals surface area contributed by atoms with Gasteiger partial charge in [0.25, 0.3) is 0 Å². The summed E-state index contributed by atoms with van der Waals surface area (Å²) in [5, 5.41) is 0. The van der Waals surface area contributed by atoms with Crippen LogP contribution in [0.1, 0.15) is 17.2 Å². The molecule has 1 atom stereocenters. The van der Waals surface area contributed by atoms with Crippen LogP contribution in [0.2, 0.25) is 0 Å². The summed E-state index contributed by atoms with van der Waals surface area (Å²) in [5.74, 6) is -0.266. The van der Waals surface area contributed by atoms with E-state index in [1.54, 1.807) is 24.5 Å². The zero-order valence-electron chi connectivity index (χ0n) is 10.2. The predicted octanol–water partition coefficient (Wildman–Crippen LogP) is 3.45. The van der Waals surface area contributed by atoms with Crippen LogP contribution in [0.5, 0.6) is 5.75 Å². The highest BCUT2D eigenvalue weighted by Crippen LogP contribution is 2.25. The number of hydrogen-bond donors (Lipinski definition) is 1. The first kappa shape index (κ1) is 16.3. The van der Waals surface area contributed by atoms with Crippen LogP contribution >= 0.6 is 12.4 Å². The minimum Gasteiger partial charge on any atom is -0.406 e. The lowest BCUT2D eigenvalue weighted by Gasteiger charge is -2.13. The monoisotopic (exact) mass is 304 g/mol. The lowest BCUT2D eigenvalue weighted by Crippen LogP contribution is -2.17. The van der Waals surface area contributed by atoms with Crippen LogP contribution in [-0.4, -0.2) is 11.3 Å². The number of alkyl halides is 3. The highest BCUT2D eigenvalue weighted by Gasteiger charge is 2.31. The third-order valence-corrected chi connectivity index (χ3v) is 2.54. The molecule has 20 heavy (non-hydrogen) atoms. The standard InChI is InChI=1S/C13H11F3N2O.ClH/c14-13(15,16)19-11-3-1-9(2-4-11)12(17)10-5-7-18-8-6-10;/h1-8,12H,17H2;1H/t12-;/m1./s1. The Morgan fingerprint density at radius 1 is 0.950 bits per heavy atom. The van der Waals surface area contributed by atoms with Crippen molar-refractivity contribution in [1.29, 1.82) is 0 Å². The quantitative estimate of drug-likeness (QED) is 0.945. The molecular weight excluding hydrogens is 293 g/mol. The third-order valence-electron chi connectivity index (χ3n) is 2.54. The van der Waals surface area contributed by atoms with Crippen molar-refractivity contribution < 1.29 is 17.9 Å². The van der Waals surface area contributed by atoms with Crippen molar-refractivity contribution in [2.45, 2.75) is 12.4 Å². The number of halogens is 4. The molecule has 1 aromatic heterocycles. The van der Waals surface area contributed by atoms with E-state index < -0.39 is 12.4 Å². The molecule has 0 aliphatic rings. The molecule has 7 heteroatoms. The Kier molecular flexibility index (Phi) is 5.35. The molecule has 0 bridgehead atoms. The number of rotatable bonds is 3. The van der Waals surface area contributed by atoms with E-state index in [1.165, 1.54) is 24.3 Å². The molecule has 2 aromatic rings. The van der Waals surface area contributed by atoms with Gasteiger partial charge in [0.15, 0.2) is 0 Å². The van der Waals surface area contributed by atoms with Crippen molar-refractivity contribution >= 4 is 12.4 Å². The molecule has 2 N–H and O–H groups in total. The minimum absolute atomic E-state index is 0. The number of ether oxygens (including phenoxy) is 1. The van der Waals surface area contributed by atoms with Crippen LogP contribution in [0, 0.1) is 0 Å². The summed E-state index contributed by atoms with van der Waals surface area (Å²) in [6.45, 7) is 0. The van der Waals surface area contributed by atoms with Crippen LogP contribution in [0.15, 0.2) is 48.8 Å². The van der Waals surface area contributed by atoms with Crippen molar-refractivity contribution in [3.8, 4) is 5.75 Å². The van der Waals surface area contributed by atoms with Crippen molar-refractivity contribution in [3.05, 3.63) is 59.9 Å². The summed E-state index contributed by atoms with van der Waals surface area (Å²) in [6, 6.07) is 8.59. The van der Waals surface area contributed by atoms with Crippen molar-refractivity contribution in [2.24, 2.45) is 5.73 Å². The van der Waals surface area contributed by atoms with Gasteiger partial charge < -0.3 is 10.5 Å². The van der Waals surface area contributed by atoms with Gasteiger partial charge in [0, 0.05) is 12.4 Å². The summed E-state index contributed by atoms with van der Waals surface area (Å²) in [5.41, 5.74) is 7.53. The second-order valence-corrected chi connectivity index (χ2v) is 3.88. The first-order valence-electron chi connectivity index (χ1n) is 5.47. The highest BCUT2D eigenvalue weighted by molar-refractivity contribution is 5.85. The average molecular weight is 305 g/mol. The zero-order chi connectivity index (χ0) is 13.9. The van der Waals surface area contributed by atoms with E-state index in [-0.39, 0.29) is 18.2 Å². The third kappa shape index (κ3) is 4.40. The summed E-state index contributed by atoms with van der Waals surface area (Å²) < 4.78 is 39.8. The Labute approximate surface area is 120 Å². The molecule has 0 amide bonds. The van der Waals surface area contributed by atoms with Crippen LogP contribution in [0.4, 0.5) is 13.2 Å². The molecule has 0 fully saturated rings. The predicted molar refractivity (Wildman–Crippen MR) is 70.6 cm³/mol. The molecule has 0 unspecified atom stereocenters. The molecule has 0 aliphatic heterocycles. The van der Waals surface area contributed by atoms with Gasteiger partial charge in [-0.2, -0.15) is 0 Å². The van der Waals surface area contributed by atoms with Crippen LogP contribution in [-0.2, 0) is 0 Å². The maximum Gasteiger partial charge on any atom is 0.573 e. The van der Waals surface area contributed by atoms with Gasteiger partial charge in [-0.15, -0.1) is 25.6 Å². The summed E-state index contributed by atoms with van der Waals surface area (Å²) in [6.07, 6.45) is -1.47. The van der Waals surface area contributed by atoms with Gasteiger partial charge in [0.2, 0.25) is 0 Å². The molecule has 0 radical (unpaired) electrons. The van der Waals surface area contributed by atoms with Crippen LogP contribution < -0.4 is 10.5 Å². The molecule has 108 valence electrons. The second kappa shape index (κ2) is 6.58. The number of pyridine rings is 1. The van der Waals surface area contributed by atoms with E-state index >= 15 is 0 Å². The topological polar surface area (TPSA) is 48.1 Å². The van der Waals surface area contributed by atoms with Crippen molar-refractivity contribution in [2.75, 3.05) is 0 Å². The lowest BCUT2D eigenvalue weighted by atomic mass is 10.0. The fraction of sp³-hybridized carbons (Fsp3) is 0.154.